The predicted octanol–water partition coefficient (Wildman–Crippen LogP) is 0.745. The fraction of sp³-hybridized carbons (Fsp3) is 0.333. The van der Waals surface area contributed by atoms with Gasteiger partial charge in [-0.05, 0) is 12.1 Å². The number of rotatable bonds is 2. The number of carbonyl (C=O) groups is 1. The van der Waals surface area contributed by atoms with Crippen molar-refractivity contribution in [3.63, 3.8) is 0 Å². The zero-order valence-corrected chi connectivity index (χ0v) is 10.7. The second-order valence-electron chi connectivity index (χ2n) is 4.00. The number of hydrogen-bond donors (Lipinski definition) is 2. The fourth-order valence-corrected chi connectivity index (χ4v) is 2.04. The first-order valence-corrected chi connectivity index (χ1v) is 6.13. The van der Waals surface area contributed by atoms with E-state index in [0.717, 1.165) is 0 Å². The van der Waals surface area contributed by atoms with Crippen molar-refractivity contribution < 1.29 is 9.53 Å². The molecule has 96 valence electrons. The van der Waals surface area contributed by atoms with Gasteiger partial charge >= 0.3 is 6.09 Å². The summed E-state index contributed by atoms with van der Waals surface area (Å²) < 4.78 is 5.28. The van der Waals surface area contributed by atoms with E-state index in [4.69, 9.17) is 22.7 Å². The molecule has 0 spiro atoms. The summed E-state index contributed by atoms with van der Waals surface area (Å²) in [7, 11) is 0. The van der Waals surface area contributed by atoms with E-state index in [0.29, 0.717) is 30.4 Å². The number of carbonyl (C=O) groups excluding carboxylic acids is 1. The Morgan fingerprint density at radius 1 is 1.44 bits per heavy atom. The first-order chi connectivity index (χ1) is 8.68. The summed E-state index contributed by atoms with van der Waals surface area (Å²) in [5, 5.41) is 3.15. The molecule has 0 bridgehead atoms. The summed E-state index contributed by atoms with van der Waals surface area (Å²) in [4.78, 5) is 13.9. The minimum Gasteiger partial charge on any atom is -0.410 e. The number of thiocarbonyl (C=S) groups is 1. The van der Waals surface area contributed by atoms with E-state index in [9.17, 15) is 4.79 Å². The van der Waals surface area contributed by atoms with Gasteiger partial charge in [-0.1, -0.05) is 30.4 Å². The van der Waals surface area contributed by atoms with Gasteiger partial charge in [-0.25, -0.2) is 4.79 Å². The van der Waals surface area contributed by atoms with Crippen LogP contribution in [0.15, 0.2) is 30.3 Å². The van der Waals surface area contributed by atoms with E-state index in [1.165, 1.54) is 0 Å². The van der Waals surface area contributed by atoms with Gasteiger partial charge in [0, 0.05) is 19.6 Å². The average molecular weight is 265 g/mol. The Kier molecular flexibility index (Phi) is 4.11. The second kappa shape index (κ2) is 5.79. The Labute approximate surface area is 111 Å². The standard InChI is InChI=1S/C12H15N3O2S/c13-11(18)10-8-14-6-7-15(10)12(16)17-9-4-2-1-3-5-9/h1-5,10,14H,6-8H2,(H2,13,18). The van der Waals surface area contributed by atoms with E-state index in [1.807, 2.05) is 18.2 Å². The van der Waals surface area contributed by atoms with Crippen LogP contribution in [0.4, 0.5) is 4.79 Å². The molecule has 1 aromatic carbocycles. The van der Waals surface area contributed by atoms with E-state index in [-0.39, 0.29) is 6.04 Å². The molecule has 0 radical (unpaired) electrons. The second-order valence-corrected chi connectivity index (χ2v) is 4.47. The molecule has 5 nitrogen and oxygen atoms in total. The Bertz CT molecular complexity index is 438. The molecule has 18 heavy (non-hydrogen) atoms. The summed E-state index contributed by atoms with van der Waals surface area (Å²) in [6.07, 6.45) is -0.416. The van der Waals surface area contributed by atoms with Crippen LogP contribution in [0.1, 0.15) is 0 Å². The van der Waals surface area contributed by atoms with Gasteiger partial charge in [-0.3, -0.25) is 4.90 Å². The molecule has 6 heteroatoms. The van der Waals surface area contributed by atoms with Crippen molar-refractivity contribution in [2.45, 2.75) is 6.04 Å². The highest BCUT2D eigenvalue weighted by atomic mass is 32.1. The third-order valence-corrected chi connectivity index (χ3v) is 3.03. The average Bonchev–Trinajstić information content (AvgIpc) is 2.40. The first-order valence-electron chi connectivity index (χ1n) is 5.72. The molecule has 1 aromatic rings. The first kappa shape index (κ1) is 12.8. The van der Waals surface area contributed by atoms with Gasteiger partial charge in [-0.2, -0.15) is 0 Å². The number of amides is 1. The molecule has 1 unspecified atom stereocenters. The minimum absolute atomic E-state index is 0.287. The van der Waals surface area contributed by atoms with E-state index < -0.39 is 6.09 Å². The van der Waals surface area contributed by atoms with Gasteiger partial charge in [0.15, 0.2) is 0 Å². The maximum atomic E-state index is 12.0. The van der Waals surface area contributed by atoms with Crippen molar-refractivity contribution in [3.05, 3.63) is 30.3 Å². The lowest BCUT2D eigenvalue weighted by Crippen LogP contribution is -2.58. The molecule has 1 saturated heterocycles. The Hall–Kier alpha value is -1.66. The summed E-state index contributed by atoms with van der Waals surface area (Å²) >= 11 is 4.96. The van der Waals surface area contributed by atoms with Crippen molar-refractivity contribution in [1.82, 2.24) is 10.2 Å². The molecule has 1 amide bonds. The van der Waals surface area contributed by atoms with Crippen LogP contribution in [0, 0.1) is 0 Å². The van der Waals surface area contributed by atoms with Crippen LogP contribution < -0.4 is 15.8 Å². The highest BCUT2D eigenvalue weighted by molar-refractivity contribution is 7.80. The molecule has 1 fully saturated rings. The number of piperazine rings is 1. The normalized spacial score (nSPS) is 19.3. The van der Waals surface area contributed by atoms with Gasteiger partial charge < -0.3 is 15.8 Å². The molecule has 1 aliphatic rings. The van der Waals surface area contributed by atoms with Crippen LogP contribution in [0.5, 0.6) is 5.75 Å². The third-order valence-electron chi connectivity index (χ3n) is 2.75. The largest absolute Gasteiger partial charge is 0.415 e. The molecule has 3 N–H and O–H groups in total. The van der Waals surface area contributed by atoms with Crippen molar-refractivity contribution in [1.29, 1.82) is 0 Å². The van der Waals surface area contributed by atoms with Crippen LogP contribution in [-0.4, -0.2) is 41.7 Å². The van der Waals surface area contributed by atoms with Crippen molar-refractivity contribution in [2.24, 2.45) is 5.73 Å². The number of para-hydroxylation sites is 1. The smallest absolute Gasteiger partial charge is 0.410 e. The number of hydrogen-bond acceptors (Lipinski definition) is 4. The molecule has 1 heterocycles. The molecular weight excluding hydrogens is 250 g/mol. The highest BCUT2D eigenvalue weighted by Gasteiger charge is 2.29. The number of nitrogens with two attached hydrogens (primary N) is 1. The van der Waals surface area contributed by atoms with Gasteiger partial charge in [0.25, 0.3) is 0 Å². The van der Waals surface area contributed by atoms with Crippen LogP contribution in [0.2, 0.25) is 0 Å². The van der Waals surface area contributed by atoms with Crippen LogP contribution in [0.3, 0.4) is 0 Å². The van der Waals surface area contributed by atoms with Gasteiger partial charge in [0.2, 0.25) is 0 Å². The maximum Gasteiger partial charge on any atom is 0.415 e. The van der Waals surface area contributed by atoms with Crippen molar-refractivity contribution >= 4 is 23.3 Å². The predicted molar refractivity (Wildman–Crippen MR) is 72.6 cm³/mol. The van der Waals surface area contributed by atoms with Gasteiger partial charge in [0.05, 0.1) is 11.0 Å². The monoisotopic (exact) mass is 265 g/mol. The molecule has 0 saturated carbocycles. The summed E-state index contributed by atoms with van der Waals surface area (Å²) in [6, 6.07) is 8.66. The van der Waals surface area contributed by atoms with Crippen LogP contribution in [-0.2, 0) is 0 Å². The number of nitrogens with zero attached hydrogens (tertiary/aromatic N) is 1. The van der Waals surface area contributed by atoms with Crippen molar-refractivity contribution in [3.8, 4) is 5.75 Å². The number of benzene rings is 1. The summed E-state index contributed by atoms with van der Waals surface area (Å²) in [5.41, 5.74) is 5.63. The minimum atomic E-state index is -0.416. The lowest BCUT2D eigenvalue weighted by molar-refractivity contribution is 0.135. The Morgan fingerprint density at radius 3 is 2.83 bits per heavy atom. The third kappa shape index (κ3) is 2.96. The molecule has 1 atom stereocenters. The fourth-order valence-electron chi connectivity index (χ4n) is 1.83. The quantitative estimate of drug-likeness (QED) is 0.772. The lowest BCUT2D eigenvalue weighted by Gasteiger charge is -2.34. The van der Waals surface area contributed by atoms with E-state index in [2.05, 4.69) is 5.32 Å². The Balaban J connectivity index is 2.05. The molecule has 0 aliphatic carbocycles. The summed E-state index contributed by atoms with van der Waals surface area (Å²) in [6.45, 7) is 1.82. The van der Waals surface area contributed by atoms with E-state index >= 15 is 0 Å². The molecule has 0 aromatic heterocycles. The zero-order valence-electron chi connectivity index (χ0n) is 9.83. The lowest BCUT2D eigenvalue weighted by atomic mass is 10.2. The topological polar surface area (TPSA) is 67.6 Å². The van der Waals surface area contributed by atoms with Gasteiger partial charge in [0.1, 0.15) is 5.75 Å². The van der Waals surface area contributed by atoms with Crippen LogP contribution >= 0.6 is 12.2 Å². The maximum absolute atomic E-state index is 12.0. The number of nitrogens with one attached hydrogen (secondary N) is 1. The number of ether oxygens (including phenoxy) is 1. The van der Waals surface area contributed by atoms with Crippen molar-refractivity contribution in [2.75, 3.05) is 19.6 Å². The highest BCUT2D eigenvalue weighted by Crippen LogP contribution is 2.12. The Morgan fingerprint density at radius 2 is 2.17 bits per heavy atom. The SMILES string of the molecule is NC(=S)C1CNCCN1C(=O)Oc1ccccc1. The molecular formula is C12H15N3O2S. The van der Waals surface area contributed by atoms with Crippen LogP contribution in [0.25, 0.3) is 0 Å². The zero-order chi connectivity index (χ0) is 13.0. The van der Waals surface area contributed by atoms with Gasteiger partial charge in [-0.15, -0.1) is 0 Å². The van der Waals surface area contributed by atoms with E-state index in [1.54, 1.807) is 17.0 Å². The summed E-state index contributed by atoms with van der Waals surface area (Å²) in [5.74, 6) is 0.516. The molecule has 2 rings (SSSR count). The molecule has 1 aliphatic heterocycles.